The number of aromatic amines is 1. The highest BCUT2D eigenvalue weighted by Gasteiger charge is 2.10. The molecule has 2 aromatic carbocycles. The third kappa shape index (κ3) is 3.32. The molecular formula is C14H9Cl2N3OS. The molecule has 0 unspecified atom stereocenters. The number of H-pyrrole nitrogens is 1. The molecule has 0 aliphatic rings. The second kappa shape index (κ2) is 5.97. The van der Waals surface area contributed by atoms with Gasteiger partial charge in [-0.2, -0.15) is 0 Å². The highest BCUT2D eigenvalue weighted by atomic mass is 35.5. The van der Waals surface area contributed by atoms with Gasteiger partial charge in [0.15, 0.2) is 5.16 Å². The number of fused-ring (bicyclic) bond motifs is 1. The summed E-state index contributed by atoms with van der Waals surface area (Å²) in [5.41, 5.74) is 2.29. The van der Waals surface area contributed by atoms with Crippen molar-refractivity contribution < 1.29 is 4.79 Å². The number of rotatable bonds is 2. The summed E-state index contributed by atoms with van der Waals surface area (Å²) in [6, 6.07) is 12.5. The maximum Gasteiger partial charge on any atom is 0.291 e. The van der Waals surface area contributed by atoms with Crippen LogP contribution in [0.15, 0.2) is 47.6 Å². The Morgan fingerprint density at radius 2 is 1.95 bits per heavy atom. The van der Waals surface area contributed by atoms with E-state index in [0.717, 1.165) is 22.8 Å². The van der Waals surface area contributed by atoms with E-state index in [1.54, 1.807) is 18.2 Å². The normalized spacial score (nSPS) is 10.8. The van der Waals surface area contributed by atoms with E-state index in [2.05, 4.69) is 15.3 Å². The van der Waals surface area contributed by atoms with Crippen molar-refractivity contribution in [2.75, 3.05) is 5.32 Å². The minimum atomic E-state index is -0.257. The van der Waals surface area contributed by atoms with Crippen molar-refractivity contribution >= 4 is 56.9 Å². The molecule has 0 saturated carbocycles. The Balaban J connectivity index is 1.72. The van der Waals surface area contributed by atoms with Crippen LogP contribution >= 0.6 is 35.0 Å². The van der Waals surface area contributed by atoms with Crippen LogP contribution < -0.4 is 5.32 Å². The van der Waals surface area contributed by atoms with Gasteiger partial charge in [-0.1, -0.05) is 35.3 Å². The zero-order valence-corrected chi connectivity index (χ0v) is 12.9. The van der Waals surface area contributed by atoms with Crippen LogP contribution in [0, 0.1) is 0 Å². The zero-order chi connectivity index (χ0) is 14.8. The summed E-state index contributed by atoms with van der Waals surface area (Å²) < 4.78 is 0. The molecule has 0 fully saturated rings. The fourth-order valence-corrected chi connectivity index (χ4v) is 2.73. The van der Waals surface area contributed by atoms with Crippen LogP contribution in [0.3, 0.4) is 0 Å². The number of aromatic nitrogens is 2. The molecule has 1 aromatic heterocycles. The summed E-state index contributed by atoms with van der Waals surface area (Å²) in [4.78, 5) is 19.4. The maximum absolute atomic E-state index is 12.0. The number of imidazole rings is 1. The Morgan fingerprint density at radius 3 is 2.71 bits per heavy atom. The SMILES string of the molecule is O=C(Nc1ccc(Cl)c(Cl)c1)Sc1nc2ccccc2[nH]1. The number of halogens is 2. The predicted molar refractivity (Wildman–Crippen MR) is 87.4 cm³/mol. The van der Waals surface area contributed by atoms with Gasteiger partial charge in [-0.25, -0.2) is 4.98 Å². The summed E-state index contributed by atoms with van der Waals surface area (Å²) in [6.45, 7) is 0. The second-order valence-electron chi connectivity index (χ2n) is 4.20. The molecule has 0 bridgehead atoms. The number of hydrogen-bond acceptors (Lipinski definition) is 3. The number of carbonyl (C=O) groups is 1. The Kier molecular flexibility index (Phi) is 4.05. The first-order valence-electron chi connectivity index (χ1n) is 6.00. The van der Waals surface area contributed by atoms with E-state index in [1.165, 1.54) is 0 Å². The third-order valence-corrected chi connectivity index (χ3v) is 4.14. The van der Waals surface area contributed by atoms with Crippen molar-refractivity contribution in [1.29, 1.82) is 0 Å². The summed E-state index contributed by atoms with van der Waals surface area (Å²) in [5, 5.41) is 3.84. The van der Waals surface area contributed by atoms with E-state index in [1.807, 2.05) is 24.3 Å². The molecule has 4 nitrogen and oxygen atoms in total. The Morgan fingerprint density at radius 1 is 1.14 bits per heavy atom. The molecular weight excluding hydrogens is 329 g/mol. The monoisotopic (exact) mass is 337 g/mol. The van der Waals surface area contributed by atoms with Crippen LogP contribution in [-0.4, -0.2) is 15.2 Å². The number of anilines is 1. The predicted octanol–water partition coefficient (Wildman–Crippen LogP) is 5.19. The van der Waals surface area contributed by atoms with Gasteiger partial charge in [0.05, 0.1) is 21.1 Å². The first-order chi connectivity index (χ1) is 10.1. The summed E-state index contributed by atoms with van der Waals surface area (Å²) >= 11 is 12.7. The van der Waals surface area contributed by atoms with Crippen LogP contribution in [0.1, 0.15) is 0 Å². The molecule has 2 N–H and O–H groups in total. The lowest BCUT2D eigenvalue weighted by Gasteiger charge is -2.04. The highest BCUT2D eigenvalue weighted by molar-refractivity contribution is 8.13. The van der Waals surface area contributed by atoms with Crippen molar-refractivity contribution in [2.24, 2.45) is 0 Å². The van der Waals surface area contributed by atoms with Crippen LogP contribution in [0.25, 0.3) is 11.0 Å². The number of thioether (sulfide) groups is 1. The highest BCUT2D eigenvalue weighted by Crippen LogP contribution is 2.26. The number of benzene rings is 2. The van der Waals surface area contributed by atoms with Gasteiger partial charge in [-0.3, -0.25) is 4.79 Å². The molecule has 0 aliphatic carbocycles. The smallest absolute Gasteiger partial charge is 0.291 e. The molecule has 0 saturated heterocycles. The fraction of sp³-hybridized carbons (Fsp3) is 0. The molecule has 1 amide bonds. The first-order valence-corrected chi connectivity index (χ1v) is 7.58. The van der Waals surface area contributed by atoms with Gasteiger partial charge < -0.3 is 10.3 Å². The molecule has 106 valence electrons. The Hall–Kier alpha value is -1.69. The van der Waals surface area contributed by atoms with E-state index in [0.29, 0.717) is 20.9 Å². The van der Waals surface area contributed by atoms with Gasteiger partial charge in [0.25, 0.3) is 5.24 Å². The van der Waals surface area contributed by atoms with Crippen molar-refractivity contribution in [3.05, 3.63) is 52.5 Å². The molecule has 3 rings (SSSR count). The molecule has 0 spiro atoms. The maximum atomic E-state index is 12.0. The van der Waals surface area contributed by atoms with Crippen LogP contribution in [-0.2, 0) is 0 Å². The van der Waals surface area contributed by atoms with Crippen molar-refractivity contribution in [3.8, 4) is 0 Å². The van der Waals surface area contributed by atoms with Gasteiger partial charge in [0, 0.05) is 17.4 Å². The number of carbonyl (C=O) groups excluding carboxylic acids is 1. The molecule has 1 heterocycles. The fourth-order valence-electron chi connectivity index (χ4n) is 1.78. The molecule has 0 atom stereocenters. The summed E-state index contributed by atoms with van der Waals surface area (Å²) in [5.74, 6) is 0. The van der Waals surface area contributed by atoms with Crippen LogP contribution in [0.2, 0.25) is 10.0 Å². The average Bonchev–Trinajstić information content (AvgIpc) is 2.84. The Labute approximate surface area is 134 Å². The Bertz CT molecular complexity index is 786. The van der Waals surface area contributed by atoms with E-state index >= 15 is 0 Å². The van der Waals surface area contributed by atoms with Gasteiger partial charge in [0.1, 0.15) is 0 Å². The molecule has 0 radical (unpaired) electrons. The van der Waals surface area contributed by atoms with E-state index < -0.39 is 0 Å². The number of hydrogen-bond donors (Lipinski definition) is 2. The topological polar surface area (TPSA) is 57.8 Å². The average molecular weight is 338 g/mol. The number of para-hydroxylation sites is 2. The van der Waals surface area contributed by atoms with Crippen molar-refractivity contribution in [3.63, 3.8) is 0 Å². The number of nitrogens with zero attached hydrogens (tertiary/aromatic N) is 1. The molecule has 3 aromatic rings. The van der Waals surface area contributed by atoms with E-state index in [-0.39, 0.29) is 5.24 Å². The zero-order valence-electron chi connectivity index (χ0n) is 10.6. The molecule has 7 heteroatoms. The number of nitrogens with one attached hydrogen (secondary N) is 2. The van der Waals surface area contributed by atoms with E-state index in [4.69, 9.17) is 23.2 Å². The summed E-state index contributed by atoms with van der Waals surface area (Å²) in [7, 11) is 0. The first kappa shape index (κ1) is 14.3. The third-order valence-electron chi connectivity index (χ3n) is 2.72. The lowest BCUT2D eigenvalue weighted by Crippen LogP contribution is -2.04. The lowest BCUT2D eigenvalue weighted by atomic mass is 10.3. The van der Waals surface area contributed by atoms with Crippen molar-refractivity contribution in [2.45, 2.75) is 5.16 Å². The quantitative estimate of drug-likeness (QED) is 0.632. The number of amides is 1. The van der Waals surface area contributed by atoms with Gasteiger partial charge >= 0.3 is 0 Å². The van der Waals surface area contributed by atoms with Gasteiger partial charge in [-0.15, -0.1) is 0 Å². The second-order valence-corrected chi connectivity index (χ2v) is 5.98. The van der Waals surface area contributed by atoms with Gasteiger partial charge in [-0.05, 0) is 30.3 Å². The lowest BCUT2D eigenvalue weighted by molar-refractivity contribution is 0.269. The van der Waals surface area contributed by atoms with Crippen molar-refractivity contribution in [1.82, 2.24) is 9.97 Å². The van der Waals surface area contributed by atoms with Gasteiger partial charge in [0.2, 0.25) is 0 Å². The molecule has 21 heavy (non-hydrogen) atoms. The van der Waals surface area contributed by atoms with E-state index in [9.17, 15) is 4.79 Å². The standard InChI is InChI=1S/C14H9Cl2N3OS/c15-9-6-5-8(7-10(9)16)17-14(20)21-13-18-11-3-1-2-4-12(11)19-13/h1-7H,(H,17,20)(H,18,19). The van der Waals surface area contributed by atoms with Crippen LogP contribution in [0.5, 0.6) is 0 Å². The largest absolute Gasteiger partial charge is 0.332 e. The van der Waals surface area contributed by atoms with Crippen LogP contribution in [0.4, 0.5) is 10.5 Å². The minimum Gasteiger partial charge on any atom is -0.332 e. The summed E-state index contributed by atoms with van der Waals surface area (Å²) in [6.07, 6.45) is 0. The minimum absolute atomic E-state index is 0.257. The molecule has 0 aliphatic heterocycles.